The van der Waals surface area contributed by atoms with E-state index in [1.54, 1.807) is 29.1 Å². The highest BCUT2D eigenvalue weighted by molar-refractivity contribution is 6.01. The normalized spacial score (nSPS) is 10.7. The molecular formula is C14H11N3O. The van der Waals surface area contributed by atoms with Gasteiger partial charge in [-0.1, -0.05) is 12.1 Å². The van der Waals surface area contributed by atoms with Gasteiger partial charge in [0.1, 0.15) is 5.82 Å². The van der Waals surface area contributed by atoms with Crippen LogP contribution in [0.1, 0.15) is 16.2 Å². The number of rotatable bonds is 1. The number of benzene rings is 1. The second-order valence-electron chi connectivity index (χ2n) is 4.02. The molecule has 0 saturated heterocycles. The third-order valence-electron chi connectivity index (χ3n) is 2.86. The first-order chi connectivity index (χ1) is 8.77. The molecule has 4 nitrogen and oxygen atoms in total. The Kier molecular flexibility index (Phi) is 2.41. The average Bonchev–Trinajstić information content (AvgIpc) is 2.75. The first-order valence-electron chi connectivity index (χ1n) is 5.66. The molecule has 0 radical (unpaired) electrons. The number of imidazole rings is 1. The van der Waals surface area contributed by atoms with Crippen LogP contribution < -0.4 is 0 Å². The zero-order valence-corrected chi connectivity index (χ0v) is 9.87. The van der Waals surface area contributed by atoms with E-state index in [1.165, 1.54) is 0 Å². The van der Waals surface area contributed by atoms with Gasteiger partial charge in [-0.25, -0.2) is 4.98 Å². The van der Waals surface area contributed by atoms with E-state index in [2.05, 4.69) is 9.97 Å². The van der Waals surface area contributed by atoms with Crippen LogP contribution >= 0.6 is 0 Å². The van der Waals surface area contributed by atoms with Gasteiger partial charge >= 0.3 is 0 Å². The number of aromatic nitrogens is 3. The second kappa shape index (κ2) is 4.07. The molecule has 0 atom stereocenters. The standard InChI is InChI=1S/C14H11N3O/c1-10-16-12-4-2-3-5-13(12)17(10)14(18)11-6-8-15-9-7-11/h2-9H,1H3. The topological polar surface area (TPSA) is 47.8 Å². The van der Waals surface area contributed by atoms with Crippen molar-refractivity contribution in [1.82, 2.24) is 14.5 Å². The quantitative estimate of drug-likeness (QED) is 0.653. The monoisotopic (exact) mass is 237 g/mol. The first-order valence-corrected chi connectivity index (χ1v) is 5.66. The Labute approximate surface area is 104 Å². The van der Waals surface area contributed by atoms with E-state index in [4.69, 9.17) is 0 Å². The number of carbonyl (C=O) groups is 1. The van der Waals surface area contributed by atoms with Crippen LogP contribution in [-0.4, -0.2) is 20.4 Å². The molecule has 3 rings (SSSR count). The molecule has 0 aliphatic rings. The number of nitrogens with zero attached hydrogens (tertiary/aromatic N) is 3. The van der Waals surface area contributed by atoms with E-state index in [0.29, 0.717) is 11.4 Å². The largest absolute Gasteiger partial charge is 0.268 e. The number of aryl methyl sites for hydroxylation is 1. The van der Waals surface area contributed by atoms with Crippen LogP contribution in [0.15, 0.2) is 48.8 Å². The molecule has 4 heteroatoms. The predicted molar refractivity (Wildman–Crippen MR) is 68.4 cm³/mol. The molecule has 18 heavy (non-hydrogen) atoms. The minimum Gasteiger partial charge on any atom is -0.268 e. The molecule has 0 amide bonds. The summed E-state index contributed by atoms with van der Waals surface area (Å²) in [5.74, 6) is 0.613. The lowest BCUT2D eigenvalue weighted by atomic mass is 10.2. The van der Waals surface area contributed by atoms with Gasteiger partial charge in [0.25, 0.3) is 5.91 Å². The summed E-state index contributed by atoms with van der Waals surface area (Å²) in [6, 6.07) is 11.0. The van der Waals surface area contributed by atoms with Crippen LogP contribution in [0, 0.1) is 6.92 Å². The molecule has 2 aromatic heterocycles. The van der Waals surface area contributed by atoms with Crippen LogP contribution in [0.5, 0.6) is 0 Å². The summed E-state index contributed by atoms with van der Waals surface area (Å²) in [4.78, 5) is 20.7. The van der Waals surface area contributed by atoms with E-state index in [9.17, 15) is 4.79 Å². The zero-order valence-electron chi connectivity index (χ0n) is 9.87. The van der Waals surface area contributed by atoms with Crippen molar-refractivity contribution in [3.63, 3.8) is 0 Å². The Morgan fingerprint density at radius 1 is 1.11 bits per heavy atom. The van der Waals surface area contributed by atoms with Gasteiger partial charge < -0.3 is 0 Å². The van der Waals surface area contributed by atoms with Gasteiger partial charge in [-0.15, -0.1) is 0 Å². The van der Waals surface area contributed by atoms with Gasteiger partial charge in [-0.05, 0) is 31.2 Å². The Hall–Kier alpha value is -2.49. The number of para-hydroxylation sites is 2. The summed E-state index contributed by atoms with van der Waals surface area (Å²) in [6.45, 7) is 1.83. The van der Waals surface area contributed by atoms with Gasteiger partial charge in [-0.3, -0.25) is 14.3 Å². The molecule has 0 fully saturated rings. The lowest BCUT2D eigenvalue weighted by Gasteiger charge is -2.04. The van der Waals surface area contributed by atoms with Crippen molar-refractivity contribution in [3.8, 4) is 0 Å². The van der Waals surface area contributed by atoms with Crippen molar-refractivity contribution in [2.45, 2.75) is 6.92 Å². The molecule has 0 aliphatic carbocycles. The third kappa shape index (κ3) is 1.59. The van der Waals surface area contributed by atoms with Gasteiger partial charge in [0.2, 0.25) is 0 Å². The van der Waals surface area contributed by atoms with E-state index in [1.807, 2.05) is 31.2 Å². The van der Waals surface area contributed by atoms with Crippen molar-refractivity contribution in [3.05, 3.63) is 60.2 Å². The maximum Gasteiger partial charge on any atom is 0.263 e. The summed E-state index contributed by atoms with van der Waals surface area (Å²) in [5.41, 5.74) is 2.27. The predicted octanol–water partition coefficient (Wildman–Crippen LogP) is 2.43. The highest BCUT2D eigenvalue weighted by Crippen LogP contribution is 2.17. The summed E-state index contributed by atoms with van der Waals surface area (Å²) >= 11 is 0. The highest BCUT2D eigenvalue weighted by Gasteiger charge is 2.15. The fraction of sp³-hybridized carbons (Fsp3) is 0.0714. The third-order valence-corrected chi connectivity index (χ3v) is 2.86. The van der Waals surface area contributed by atoms with E-state index < -0.39 is 0 Å². The maximum atomic E-state index is 12.4. The van der Waals surface area contributed by atoms with Crippen LogP contribution in [0.4, 0.5) is 0 Å². The highest BCUT2D eigenvalue weighted by atomic mass is 16.2. The summed E-state index contributed by atoms with van der Waals surface area (Å²) in [5, 5.41) is 0. The first kappa shape index (κ1) is 10.7. The number of hydrogen-bond donors (Lipinski definition) is 0. The number of pyridine rings is 1. The average molecular weight is 237 g/mol. The number of carbonyl (C=O) groups excluding carboxylic acids is 1. The van der Waals surface area contributed by atoms with Crippen molar-refractivity contribution in [2.75, 3.05) is 0 Å². The summed E-state index contributed by atoms with van der Waals surface area (Å²) in [6.07, 6.45) is 3.23. The number of hydrogen-bond acceptors (Lipinski definition) is 3. The molecule has 0 unspecified atom stereocenters. The Morgan fingerprint density at radius 2 is 1.83 bits per heavy atom. The summed E-state index contributed by atoms with van der Waals surface area (Å²) < 4.78 is 1.63. The maximum absolute atomic E-state index is 12.4. The molecule has 0 spiro atoms. The SMILES string of the molecule is Cc1nc2ccccc2n1C(=O)c1ccncc1. The fourth-order valence-corrected chi connectivity index (χ4v) is 2.03. The summed E-state index contributed by atoms with van der Waals surface area (Å²) in [7, 11) is 0. The van der Waals surface area contributed by atoms with E-state index >= 15 is 0 Å². The fourth-order valence-electron chi connectivity index (χ4n) is 2.03. The van der Waals surface area contributed by atoms with Crippen LogP contribution in [0.2, 0.25) is 0 Å². The minimum absolute atomic E-state index is 0.0800. The van der Waals surface area contributed by atoms with Crippen LogP contribution in [0.25, 0.3) is 11.0 Å². The molecule has 0 bridgehead atoms. The molecule has 3 aromatic rings. The smallest absolute Gasteiger partial charge is 0.263 e. The van der Waals surface area contributed by atoms with E-state index in [0.717, 1.165) is 11.0 Å². The van der Waals surface area contributed by atoms with Gasteiger partial charge in [0.05, 0.1) is 11.0 Å². The van der Waals surface area contributed by atoms with Gasteiger partial charge in [0, 0.05) is 18.0 Å². The minimum atomic E-state index is -0.0800. The molecule has 0 N–H and O–H groups in total. The lowest BCUT2D eigenvalue weighted by Crippen LogP contribution is -2.13. The van der Waals surface area contributed by atoms with Crippen LogP contribution in [-0.2, 0) is 0 Å². The lowest BCUT2D eigenvalue weighted by molar-refractivity contribution is 0.0962. The second-order valence-corrected chi connectivity index (χ2v) is 4.02. The van der Waals surface area contributed by atoms with Crippen LogP contribution in [0.3, 0.4) is 0 Å². The molecule has 2 heterocycles. The molecule has 0 saturated carbocycles. The van der Waals surface area contributed by atoms with Crippen molar-refractivity contribution < 1.29 is 4.79 Å². The zero-order chi connectivity index (χ0) is 12.5. The Bertz CT molecular complexity index is 716. The molecule has 88 valence electrons. The Balaban J connectivity index is 2.21. The molecule has 1 aromatic carbocycles. The van der Waals surface area contributed by atoms with Crippen molar-refractivity contribution in [2.24, 2.45) is 0 Å². The van der Waals surface area contributed by atoms with Gasteiger partial charge in [0.15, 0.2) is 0 Å². The molecular weight excluding hydrogens is 226 g/mol. The van der Waals surface area contributed by atoms with Crippen molar-refractivity contribution in [1.29, 1.82) is 0 Å². The number of fused-ring (bicyclic) bond motifs is 1. The Morgan fingerprint density at radius 3 is 2.61 bits per heavy atom. The van der Waals surface area contributed by atoms with E-state index in [-0.39, 0.29) is 5.91 Å². The van der Waals surface area contributed by atoms with Crippen molar-refractivity contribution >= 4 is 16.9 Å². The van der Waals surface area contributed by atoms with Gasteiger partial charge in [-0.2, -0.15) is 0 Å². The molecule has 0 aliphatic heterocycles.